The first-order chi connectivity index (χ1) is 17.2. The molecule has 8 nitrogen and oxygen atoms in total. The number of para-hydroxylation sites is 1. The average molecular weight is 503 g/mol. The van der Waals surface area contributed by atoms with Crippen LogP contribution in [0.2, 0.25) is 0 Å². The number of halogens is 3. The lowest BCUT2D eigenvalue weighted by Crippen LogP contribution is -2.59. The van der Waals surface area contributed by atoms with Gasteiger partial charge in [0, 0.05) is 31.3 Å². The van der Waals surface area contributed by atoms with E-state index >= 15 is 0 Å². The molecule has 1 aromatic heterocycles. The van der Waals surface area contributed by atoms with Gasteiger partial charge in [-0.2, -0.15) is 13.2 Å². The van der Waals surface area contributed by atoms with Crippen LogP contribution < -0.4 is 20.7 Å². The van der Waals surface area contributed by atoms with Gasteiger partial charge in [-0.25, -0.2) is 0 Å². The van der Waals surface area contributed by atoms with Crippen molar-refractivity contribution in [2.75, 3.05) is 25.6 Å². The fourth-order valence-corrected chi connectivity index (χ4v) is 3.78. The number of hydrogen-bond acceptors (Lipinski definition) is 6. The summed E-state index contributed by atoms with van der Waals surface area (Å²) in [6.45, 7) is 0.448. The number of carbonyl (C=O) groups is 2. The van der Waals surface area contributed by atoms with E-state index in [1.165, 1.54) is 37.4 Å². The molecule has 0 saturated carbocycles. The number of nitrogens with one attached hydrogen (secondary N) is 3. The van der Waals surface area contributed by atoms with Crippen molar-refractivity contribution in [3.05, 3.63) is 77.6 Å². The number of amides is 2. The molecule has 1 aliphatic heterocycles. The number of anilines is 2. The highest BCUT2D eigenvalue weighted by Crippen LogP contribution is 2.35. The maximum Gasteiger partial charge on any atom is 0.418 e. The standard InChI is InChI=1S/C25H24F3N3O5/c1-34-21-11-10-20(36-21)22(32)31-24(12-13-35-15-24)23(33)29-14-16-6-8-17(9-7-16)30-19-5-3-2-4-18(19)25(26,27)28/h2-11,30H,12-15H2,1H3,(H,29,33)(H,31,32)/t24-/m0/s1. The zero-order chi connectivity index (χ0) is 25.8. The Bertz CT molecular complexity index is 1220. The highest BCUT2D eigenvalue weighted by atomic mass is 19.4. The number of ether oxygens (including phenoxy) is 2. The predicted molar refractivity (Wildman–Crippen MR) is 124 cm³/mol. The van der Waals surface area contributed by atoms with Crippen molar-refractivity contribution >= 4 is 23.2 Å². The Balaban J connectivity index is 1.38. The number of rotatable bonds is 8. The van der Waals surface area contributed by atoms with E-state index in [1.54, 1.807) is 24.3 Å². The number of furan rings is 1. The molecule has 2 amide bonds. The minimum atomic E-state index is -4.48. The summed E-state index contributed by atoms with van der Waals surface area (Å²) in [6.07, 6.45) is -4.20. The van der Waals surface area contributed by atoms with E-state index in [2.05, 4.69) is 16.0 Å². The van der Waals surface area contributed by atoms with E-state index in [-0.39, 0.29) is 37.0 Å². The Labute approximate surface area is 204 Å². The molecule has 11 heteroatoms. The number of hydrogen-bond donors (Lipinski definition) is 3. The molecule has 0 radical (unpaired) electrons. The van der Waals surface area contributed by atoms with Crippen LogP contribution in [0.15, 0.2) is 65.1 Å². The van der Waals surface area contributed by atoms with Gasteiger partial charge in [-0.1, -0.05) is 24.3 Å². The summed E-state index contributed by atoms with van der Waals surface area (Å²) in [6, 6.07) is 14.8. The fourth-order valence-electron chi connectivity index (χ4n) is 3.78. The third-order valence-corrected chi connectivity index (χ3v) is 5.73. The van der Waals surface area contributed by atoms with Crippen LogP contribution in [-0.2, 0) is 22.3 Å². The third kappa shape index (κ3) is 5.62. The second-order valence-corrected chi connectivity index (χ2v) is 8.21. The highest BCUT2D eigenvalue weighted by molar-refractivity contribution is 5.98. The zero-order valence-corrected chi connectivity index (χ0v) is 19.3. The Hall–Kier alpha value is -3.99. The molecule has 36 heavy (non-hydrogen) atoms. The highest BCUT2D eigenvalue weighted by Gasteiger charge is 2.44. The third-order valence-electron chi connectivity index (χ3n) is 5.73. The van der Waals surface area contributed by atoms with Crippen LogP contribution in [-0.4, -0.2) is 37.7 Å². The molecule has 2 aromatic carbocycles. The van der Waals surface area contributed by atoms with Crippen LogP contribution in [0.4, 0.5) is 24.5 Å². The van der Waals surface area contributed by atoms with Gasteiger partial charge in [-0.05, 0) is 35.9 Å². The van der Waals surface area contributed by atoms with E-state index < -0.39 is 29.1 Å². The van der Waals surface area contributed by atoms with Crippen molar-refractivity contribution in [1.29, 1.82) is 0 Å². The molecule has 1 fully saturated rings. The van der Waals surface area contributed by atoms with E-state index in [0.717, 1.165) is 6.07 Å². The van der Waals surface area contributed by atoms with Crippen LogP contribution in [0.5, 0.6) is 5.95 Å². The van der Waals surface area contributed by atoms with Crippen molar-refractivity contribution in [3.63, 3.8) is 0 Å². The Morgan fingerprint density at radius 1 is 1.06 bits per heavy atom. The summed E-state index contributed by atoms with van der Waals surface area (Å²) in [5, 5.41) is 8.28. The molecule has 0 spiro atoms. The molecule has 3 aromatic rings. The molecule has 0 aliphatic carbocycles. The monoisotopic (exact) mass is 503 g/mol. The quantitative estimate of drug-likeness (QED) is 0.425. The molecular formula is C25H24F3N3O5. The minimum Gasteiger partial charge on any atom is -0.468 e. The number of methoxy groups -OCH3 is 1. The first kappa shape index (κ1) is 25.1. The molecule has 0 unspecified atom stereocenters. The SMILES string of the molecule is COc1ccc(C(=O)N[C@@]2(C(=O)NCc3ccc(Nc4ccccc4C(F)(F)F)cc3)CCOC2)o1. The lowest BCUT2D eigenvalue weighted by Gasteiger charge is -2.27. The molecule has 4 rings (SSSR count). The van der Waals surface area contributed by atoms with Crippen molar-refractivity contribution in [2.24, 2.45) is 0 Å². The molecule has 1 atom stereocenters. The van der Waals surface area contributed by atoms with Crippen LogP contribution in [0.25, 0.3) is 0 Å². The summed E-state index contributed by atoms with van der Waals surface area (Å²) >= 11 is 0. The second kappa shape index (κ2) is 10.3. The normalized spacial score (nSPS) is 17.4. The number of alkyl halides is 3. The minimum absolute atomic E-state index is 0.00103. The molecule has 0 bridgehead atoms. The van der Waals surface area contributed by atoms with E-state index in [1.807, 2.05) is 0 Å². The van der Waals surface area contributed by atoms with Gasteiger partial charge in [0.25, 0.3) is 11.9 Å². The molecule has 190 valence electrons. The van der Waals surface area contributed by atoms with Gasteiger partial charge in [-0.15, -0.1) is 0 Å². The smallest absolute Gasteiger partial charge is 0.418 e. The largest absolute Gasteiger partial charge is 0.468 e. The van der Waals surface area contributed by atoms with Gasteiger partial charge in [0.1, 0.15) is 5.54 Å². The van der Waals surface area contributed by atoms with Crippen LogP contribution in [0, 0.1) is 0 Å². The van der Waals surface area contributed by atoms with Crippen molar-refractivity contribution in [3.8, 4) is 5.95 Å². The summed E-state index contributed by atoms with van der Waals surface area (Å²) in [5.41, 5.74) is -0.905. The lowest BCUT2D eigenvalue weighted by atomic mass is 9.97. The molecule has 3 N–H and O–H groups in total. The maximum atomic E-state index is 13.2. The Kier molecular flexibility index (Phi) is 7.20. The van der Waals surface area contributed by atoms with Crippen molar-refractivity contribution in [1.82, 2.24) is 10.6 Å². The van der Waals surface area contributed by atoms with E-state index in [9.17, 15) is 22.8 Å². The van der Waals surface area contributed by atoms with Crippen LogP contribution in [0.3, 0.4) is 0 Å². The van der Waals surface area contributed by atoms with Crippen molar-refractivity contribution in [2.45, 2.75) is 24.7 Å². The maximum absolute atomic E-state index is 13.2. The van der Waals surface area contributed by atoms with E-state index in [4.69, 9.17) is 13.9 Å². The Morgan fingerprint density at radius 3 is 2.44 bits per heavy atom. The first-order valence-corrected chi connectivity index (χ1v) is 11.0. The van der Waals surface area contributed by atoms with Gasteiger partial charge in [0.15, 0.2) is 5.76 Å². The second-order valence-electron chi connectivity index (χ2n) is 8.21. The van der Waals surface area contributed by atoms with Gasteiger partial charge < -0.3 is 29.8 Å². The van der Waals surface area contributed by atoms with E-state index in [0.29, 0.717) is 17.9 Å². The molecule has 1 saturated heterocycles. The van der Waals surface area contributed by atoms with Crippen LogP contribution >= 0.6 is 0 Å². The van der Waals surface area contributed by atoms with Gasteiger partial charge in [0.2, 0.25) is 5.91 Å². The first-order valence-electron chi connectivity index (χ1n) is 11.0. The average Bonchev–Trinajstić information content (AvgIpc) is 3.54. The van der Waals surface area contributed by atoms with Crippen molar-refractivity contribution < 1.29 is 36.7 Å². The molecule has 1 aliphatic rings. The topological polar surface area (TPSA) is 102 Å². The van der Waals surface area contributed by atoms with Gasteiger partial charge in [-0.3, -0.25) is 9.59 Å². The fraction of sp³-hybridized carbons (Fsp3) is 0.280. The Morgan fingerprint density at radius 2 is 1.81 bits per heavy atom. The summed E-state index contributed by atoms with van der Waals surface area (Å²) in [5.74, 6) is -0.830. The number of benzene rings is 2. The molecule has 2 heterocycles. The summed E-state index contributed by atoms with van der Waals surface area (Å²) in [7, 11) is 1.41. The van der Waals surface area contributed by atoms with Gasteiger partial charge in [0.05, 0.1) is 25.0 Å². The zero-order valence-electron chi connectivity index (χ0n) is 19.3. The van der Waals surface area contributed by atoms with Gasteiger partial charge >= 0.3 is 6.18 Å². The molecular weight excluding hydrogens is 479 g/mol. The number of carbonyl (C=O) groups excluding carboxylic acids is 2. The predicted octanol–water partition coefficient (Wildman–Crippen LogP) is 4.26. The lowest BCUT2D eigenvalue weighted by molar-refractivity contribution is -0.137. The summed E-state index contributed by atoms with van der Waals surface area (Å²) < 4.78 is 55.2. The summed E-state index contributed by atoms with van der Waals surface area (Å²) in [4.78, 5) is 25.6. The van der Waals surface area contributed by atoms with Crippen LogP contribution in [0.1, 0.15) is 28.1 Å².